The van der Waals surface area contributed by atoms with E-state index in [1.807, 2.05) is 0 Å². The number of ether oxygens (including phenoxy) is 1. The second kappa shape index (κ2) is 10.0. The number of rotatable bonds is 6. The highest BCUT2D eigenvalue weighted by Gasteiger charge is 2.25. The summed E-state index contributed by atoms with van der Waals surface area (Å²) in [5.74, 6) is 1.53. The number of hydrogen-bond donors (Lipinski definition) is 1. The lowest BCUT2D eigenvalue weighted by Gasteiger charge is -2.34. The van der Waals surface area contributed by atoms with Crippen molar-refractivity contribution in [2.75, 3.05) is 44.3 Å². The molecule has 8 heteroatoms. The maximum absolute atomic E-state index is 6.57. The van der Waals surface area contributed by atoms with Crippen LogP contribution in [0.5, 0.6) is 0 Å². The Morgan fingerprint density at radius 3 is 2.59 bits per heavy atom. The molecule has 0 saturated carbocycles. The highest BCUT2D eigenvalue weighted by atomic mass is 35.5. The van der Waals surface area contributed by atoms with Gasteiger partial charge in [0.2, 0.25) is 5.28 Å². The zero-order valence-electron chi connectivity index (χ0n) is 18.3. The van der Waals surface area contributed by atoms with Crippen molar-refractivity contribution in [1.29, 1.82) is 0 Å². The molecule has 170 valence electrons. The summed E-state index contributed by atoms with van der Waals surface area (Å²) in [6, 6.07) is 13.1. The summed E-state index contributed by atoms with van der Waals surface area (Å²) in [4.78, 5) is 16.1. The summed E-state index contributed by atoms with van der Waals surface area (Å²) in [5.41, 5.74) is 7.91. The van der Waals surface area contributed by atoms with E-state index in [1.54, 1.807) is 11.3 Å². The van der Waals surface area contributed by atoms with Crippen molar-refractivity contribution in [3.63, 3.8) is 0 Å². The van der Waals surface area contributed by atoms with E-state index >= 15 is 0 Å². The van der Waals surface area contributed by atoms with Gasteiger partial charge in [-0.2, -0.15) is 4.98 Å². The maximum Gasteiger partial charge on any atom is 0.225 e. The third-order valence-corrected chi connectivity index (χ3v) is 7.82. The normalized spacial score (nSPS) is 19.5. The molecule has 4 heterocycles. The number of anilines is 1. The Bertz CT molecular complexity index is 1030. The highest BCUT2D eigenvalue weighted by Crippen LogP contribution is 2.34. The second-order valence-corrected chi connectivity index (χ2v) is 10.3. The first kappa shape index (κ1) is 22.0. The van der Waals surface area contributed by atoms with Crippen LogP contribution in [0.4, 0.5) is 5.82 Å². The summed E-state index contributed by atoms with van der Waals surface area (Å²) in [5, 5.41) is 1.43. The molecule has 2 N–H and O–H groups in total. The average molecular weight is 472 g/mol. The van der Waals surface area contributed by atoms with Gasteiger partial charge in [-0.25, -0.2) is 4.98 Å². The van der Waals surface area contributed by atoms with Gasteiger partial charge in [-0.1, -0.05) is 30.3 Å². The Morgan fingerprint density at radius 2 is 1.84 bits per heavy atom. The van der Waals surface area contributed by atoms with Crippen molar-refractivity contribution in [3.8, 4) is 0 Å². The van der Waals surface area contributed by atoms with E-state index in [4.69, 9.17) is 22.1 Å². The van der Waals surface area contributed by atoms with E-state index in [0.717, 1.165) is 81.2 Å². The molecule has 2 aliphatic rings. The lowest BCUT2D eigenvalue weighted by molar-refractivity contribution is 0.122. The number of nitrogens with zero attached hydrogens (tertiary/aromatic N) is 4. The number of likely N-dealkylation sites (tertiary alicyclic amines) is 1. The Hall–Kier alpha value is -1.77. The van der Waals surface area contributed by atoms with E-state index in [1.165, 1.54) is 10.4 Å². The van der Waals surface area contributed by atoms with Crippen LogP contribution < -0.4 is 10.6 Å². The Morgan fingerprint density at radius 1 is 1.09 bits per heavy atom. The SMILES string of the molecule is NC(Cc1ccccc1)C1CCN(Cc2cc3c(N4CCOCC4)nc(Cl)nc3s2)CC1. The third-order valence-electron chi connectivity index (χ3n) is 6.64. The molecule has 1 atom stereocenters. The average Bonchev–Trinajstić information content (AvgIpc) is 3.22. The minimum atomic E-state index is 0.234. The van der Waals surface area contributed by atoms with Gasteiger partial charge < -0.3 is 15.4 Å². The van der Waals surface area contributed by atoms with Gasteiger partial charge in [0.05, 0.1) is 18.6 Å². The molecule has 0 radical (unpaired) electrons. The molecule has 2 aromatic heterocycles. The van der Waals surface area contributed by atoms with E-state index < -0.39 is 0 Å². The number of piperidine rings is 1. The Balaban J connectivity index is 1.22. The van der Waals surface area contributed by atoms with Gasteiger partial charge in [0.1, 0.15) is 10.6 Å². The Kier molecular flexibility index (Phi) is 6.90. The fourth-order valence-corrected chi connectivity index (χ4v) is 6.12. The van der Waals surface area contributed by atoms with Crippen molar-refractivity contribution < 1.29 is 4.74 Å². The molecule has 0 spiro atoms. The van der Waals surface area contributed by atoms with Gasteiger partial charge in [0, 0.05) is 30.6 Å². The summed E-state index contributed by atoms with van der Waals surface area (Å²) in [6.07, 6.45) is 3.28. The van der Waals surface area contributed by atoms with E-state index in [2.05, 4.69) is 56.2 Å². The molecule has 1 aromatic carbocycles. The molecule has 3 aromatic rings. The number of hydrogen-bond acceptors (Lipinski definition) is 7. The van der Waals surface area contributed by atoms with E-state index in [0.29, 0.717) is 11.2 Å². The number of thiophene rings is 1. The molecule has 32 heavy (non-hydrogen) atoms. The van der Waals surface area contributed by atoms with Gasteiger partial charge in [0.15, 0.2) is 0 Å². The summed E-state index contributed by atoms with van der Waals surface area (Å²) in [6.45, 7) is 6.24. The van der Waals surface area contributed by atoms with Crippen LogP contribution in [-0.2, 0) is 17.7 Å². The number of halogens is 1. The quantitative estimate of drug-likeness (QED) is 0.549. The molecular formula is C24H30ClN5OS. The van der Waals surface area contributed by atoms with Crippen molar-refractivity contribution in [1.82, 2.24) is 14.9 Å². The largest absolute Gasteiger partial charge is 0.378 e. The second-order valence-electron chi connectivity index (χ2n) is 8.81. The smallest absolute Gasteiger partial charge is 0.225 e. The lowest BCUT2D eigenvalue weighted by Crippen LogP contribution is -2.41. The minimum Gasteiger partial charge on any atom is -0.378 e. The monoisotopic (exact) mass is 471 g/mol. The van der Waals surface area contributed by atoms with Crippen LogP contribution in [0, 0.1) is 5.92 Å². The zero-order chi connectivity index (χ0) is 21.9. The van der Waals surface area contributed by atoms with Crippen molar-refractivity contribution in [3.05, 3.63) is 52.1 Å². The van der Waals surface area contributed by atoms with Crippen LogP contribution in [0.25, 0.3) is 10.2 Å². The topological polar surface area (TPSA) is 67.5 Å². The van der Waals surface area contributed by atoms with Crippen LogP contribution >= 0.6 is 22.9 Å². The number of aromatic nitrogens is 2. The third kappa shape index (κ3) is 5.07. The molecule has 0 aliphatic carbocycles. The van der Waals surface area contributed by atoms with Crippen molar-refractivity contribution >= 4 is 39.0 Å². The summed E-state index contributed by atoms with van der Waals surface area (Å²) < 4.78 is 5.50. The fraction of sp³-hybridized carbons (Fsp3) is 0.500. The number of fused-ring (bicyclic) bond motifs is 1. The van der Waals surface area contributed by atoms with Crippen molar-refractivity contribution in [2.45, 2.75) is 31.8 Å². The molecule has 0 amide bonds. The van der Waals surface area contributed by atoms with Gasteiger partial charge in [-0.05, 0) is 61.5 Å². The maximum atomic E-state index is 6.57. The first-order chi connectivity index (χ1) is 15.7. The van der Waals surface area contributed by atoms with Crippen LogP contribution in [0.3, 0.4) is 0 Å². The summed E-state index contributed by atoms with van der Waals surface area (Å²) >= 11 is 7.98. The number of nitrogens with two attached hydrogens (primary N) is 1. The van der Waals surface area contributed by atoms with E-state index in [-0.39, 0.29) is 6.04 Å². The first-order valence-electron chi connectivity index (χ1n) is 11.5. The first-order valence-corrected chi connectivity index (χ1v) is 12.7. The standard InChI is InChI=1S/C24H30ClN5OS/c25-24-27-22(30-10-12-31-13-11-30)20-15-19(32-23(20)28-24)16-29-8-6-18(7-9-29)21(26)14-17-4-2-1-3-5-17/h1-5,15,18,21H,6-14,16,26H2. The van der Waals surface area contributed by atoms with Gasteiger partial charge in [-0.3, -0.25) is 4.90 Å². The number of benzene rings is 1. The molecule has 0 bridgehead atoms. The molecule has 1 unspecified atom stereocenters. The zero-order valence-corrected chi connectivity index (χ0v) is 19.8. The predicted molar refractivity (Wildman–Crippen MR) is 132 cm³/mol. The summed E-state index contributed by atoms with van der Waals surface area (Å²) in [7, 11) is 0. The lowest BCUT2D eigenvalue weighted by atomic mass is 9.86. The van der Waals surface area contributed by atoms with Gasteiger partial charge >= 0.3 is 0 Å². The highest BCUT2D eigenvalue weighted by molar-refractivity contribution is 7.18. The van der Waals surface area contributed by atoms with Crippen LogP contribution in [-0.4, -0.2) is 60.3 Å². The van der Waals surface area contributed by atoms with Crippen LogP contribution in [0.15, 0.2) is 36.4 Å². The van der Waals surface area contributed by atoms with Crippen LogP contribution in [0.1, 0.15) is 23.3 Å². The minimum absolute atomic E-state index is 0.234. The molecule has 2 fully saturated rings. The molecular weight excluding hydrogens is 442 g/mol. The number of morpholine rings is 1. The van der Waals surface area contributed by atoms with Crippen molar-refractivity contribution in [2.24, 2.45) is 11.7 Å². The Labute approximate surface area is 198 Å². The molecule has 2 aliphatic heterocycles. The van der Waals surface area contributed by atoms with E-state index in [9.17, 15) is 0 Å². The van der Waals surface area contributed by atoms with Crippen LogP contribution in [0.2, 0.25) is 5.28 Å². The van der Waals surface area contributed by atoms with Gasteiger partial charge in [0.25, 0.3) is 0 Å². The molecule has 2 saturated heterocycles. The molecule has 6 nitrogen and oxygen atoms in total. The van der Waals surface area contributed by atoms with Gasteiger partial charge in [-0.15, -0.1) is 11.3 Å². The fourth-order valence-electron chi connectivity index (χ4n) is 4.84. The molecule has 5 rings (SSSR count). The predicted octanol–water partition coefficient (Wildman–Crippen LogP) is 3.96.